The second-order valence-corrected chi connectivity index (χ2v) is 31.5. The van der Waals surface area contributed by atoms with Crippen molar-refractivity contribution >= 4 is 70.9 Å². The van der Waals surface area contributed by atoms with Gasteiger partial charge in [-0.25, -0.2) is 0 Å². The predicted molar refractivity (Wildman–Crippen MR) is 401 cm³/mol. The molecule has 12 amide bonds. The Morgan fingerprint density at radius 3 is 1.34 bits per heavy atom. The van der Waals surface area contributed by atoms with Gasteiger partial charge in [0.05, 0.1) is 38.4 Å². The van der Waals surface area contributed by atoms with Gasteiger partial charge in [-0.15, -0.1) is 0 Å². The molecule has 2 aromatic rings. The van der Waals surface area contributed by atoms with Gasteiger partial charge in [-0.2, -0.15) is 0 Å². The van der Waals surface area contributed by atoms with Crippen LogP contribution in [0.5, 0.6) is 0 Å². The Balaban J connectivity index is 2.01. The first-order valence-corrected chi connectivity index (χ1v) is 37.4. The molecule has 27 nitrogen and oxygen atoms in total. The summed E-state index contributed by atoms with van der Waals surface area (Å²) < 4.78 is 12.0. The molecule has 0 aromatic heterocycles. The molecule has 0 bridgehead atoms. The van der Waals surface area contributed by atoms with Crippen molar-refractivity contribution in [2.45, 2.75) is 227 Å². The van der Waals surface area contributed by atoms with E-state index in [-0.39, 0.29) is 81.8 Å². The molecule has 2 aromatic carbocycles. The van der Waals surface area contributed by atoms with Crippen LogP contribution in [0.1, 0.15) is 159 Å². The molecular weight excluding hydrogens is 1340 g/mol. The maximum Gasteiger partial charge on any atom is 0.247 e. The van der Waals surface area contributed by atoms with Crippen molar-refractivity contribution in [3.05, 3.63) is 71.8 Å². The second-order valence-electron chi connectivity index (χ2n) is 31.5. The smallest absolute Gasteiger partial charge is 0.247 e. The van der Waals surface area contributed by atoms with E-state index in [1.165, 1.54) is 83.6 Å². The summed E-state index contributed by atoms with van der Waals surface area (Å²) in [6, 6.07) is 4.45. The van der Waals surface area contributed by atoms with Crippen LogP contribution in [0.4, 0.5) is 0 Å². The molecule has 105 heavy (non-hydrogen) atoms. The summed E-state index contributed by atoms with van der Waals surface area (Å²) in [4.78, 5) is 192. The molecule has 0 aliphatic carbocycles. The minimum absolute atomic E-state index is 0.0243. The fraction of sp³-hybridized carbons (Fsp3) is 0.692. The van der Waals surface area contributed by atoms with Crippen LogP contribution in [0, 0.1) is 29.6 Å². The minimum Gasteiger partial charge on any atom is -0.394 e. The number of nitrogens with one attached hydrogen (secondary N) is 4. The number of carbonyl (C=O) groups is 12. The van der Waals surface area contributed by atoms with Crippen molar-refractivity contribution in [1.29, 1.82) is 0 Å². The highest BCUT2D eigenvalue weighted by atomic mass is 16.5. The number of piperidine rings is 1. The average Bonchev–Trinajstić information content (AvgIpc) is 0.812. The monoisotopic (exact) mass is 1470 g/mol. The van der Waals surface area contributed by atoms with Gasteiger partial charge in [0.25, 0.3) is 0 Å². The zero-order valence-corrected chi connectivity index (χ0v) is 66.4. The van der Waals surface area contributed by atoms with E-state index < -0.39 is 169 Å². The van der Waals surface area contributed by atoms with Gasteiger partial charge in [0.2, 0.25) is 70.9 Å². The lowest BCUT2D eigenvalue weighted by Crippen LogP contribution is -2.63. The van der Waals surface area contributed by atoms with E-state index in [0.29, 0.717) is 37.1 Å². The Bertz CT molecular complexity index is 3190. The highest BCUT2D eigenvalue weighted by Gasteiger charge is 2.44. The molecule has 2 saturated heterocycles. The third-order valence-electron chi connectivity index (χ3n) is 19.5. The molecule has 0 radical (unpaired) electrons. The fourth-order valence-corrected chi connectivity index (χ4v) is 13.1. The Labute approximate surface area is 624 Å². The quantitative estimate of drug-likeness (QED) is 0.115. The summed E-state index contributed by atoms with van der Waals surface area (Å²) in [6.45, 7) is 22.6. The van der Waals surface area contributed by atoms with Crippen LogP contribution in [0.2, 0.25) is 0 Å². The van der Waals surface area contributed by atoms with Gasteiger partial charge >= 0.3 is 0 Å². The minimum atomic E-state index is -1.54. The fourth-order valence-electron chi connectivity index (χ4n) is 13.1. The zero-order chi connectivity index (χ0) is 78.9. The molecule has 5 N–H and O–H groups in total. The maximum atomic E-state index is 15.7. The summed E-state index contributed by atoms with van der Waals surface area (Å²) in [5, 5.41) is 21.4. The first-order valence-electron chi connectivity index (χ1n) is 37.4. The van der Waals surface area contributed by atoms with Crippen LogP contribution in [0.3, 0.4) is 0 Å². The molecule has 4 rings (SSSR count). The second kappa shape index (κ2) is 42.3. The number of ether oxygens (including phenoxy) is 2. The number of aliphatic hydroxyl groups excluding tert-OH is 1. The maximum absolute atomic E-state index is 15.7. The van der Waals surface area contributed by atoms with Crippen LogP contribution < -0.4 is 21.3 Å². The molecule has 0 saturated carbocycles. The van der Waals surface area contributed by atoms with E-state index in [1.54, 1.807) is 100 Å². The van der Waals surface area contributed by atoms with E-state index in [9.17, 15) is 24.3 Å². The van der Waals surface area contributed by atoms with Gasteiger partial charge in [0, 0.05) is 88.2 Å². The Morgan fingerprint density at radius 1 is 0.467 bits per heavy atom. The molecule has 2 aliphatic rings. The van der Waals surface area contributed by atoms with Gasteiger partial charge in [0.15, 0.2) is 0 Å². The van der Waals surface area contributed by atoms with Gasteiger partial charge in [-0.05, 0) is 106 Å². The Kier molecular flexibility index (Phi) is 36.0. The highest BCUT2D eigenvalue weighted by molar-refractivity contribution is 6.00. The van der Waals surface area contributed by atoms with Crippen LogP contribution in [-0.4, -0.2) is 277 Å². The number of rotatable bonds is 20. The summed E-state index contributed by atoms with van der Waals surface area (Å²) in [7, 11) is 10.0. The highest BCUT2D eigenvalue weighted by Crippen LogP contribution is 2.25. The number of benzene rings is 2. The number of likely N-dealkylation sites (tertiary alicyclic amines) is 1. The van der Waals surface area contributed by atoms with Crippen molar-refractivity contribution in [3.63, 3.8) is 0 Å². The van der Waals surface area contributed by atoms with E-state index in [2.05, 4.69) is 21.3 Å². The largest absolute Gasteiger partial charge is 0.394 e. The first kappa shape index (κ1) is 89.4. The lowest BCUT2D eigenvalue weighted by molar-refractivity contribution is -0.152. The van der Waals surface area contributed by atoms with Crippen LogP contribution in [-0.2, 0) is 79.8 Å². The molecular formula is C78H126N12O15. The number of amides is 12. The van der Waals surface area contributed by atoms with Gasteiger partial charge in [-0.1, -0.05) is 130 Å². The number of carbonyl (C=O) groups excluding carboxylic acids is 12. The third-order valence-corrected chi connectivity index (χ3v) is 19.5. The number of hydrogen-bond donors (Lipinski definition) is 5. The normalized spacial score (nSPS) is 24.5. The number of hydrogen-bond acceptors (Lipinski definition) is 15. The third kappa shape index (κ3) is 27.4. The van der Waals surface area contributed by atoms with E-state index in [4.69, 9.17) is 9.47 Å². The molecule has 0 spiro atoms. The van der Waals surface area contributed by atoms with E-state index >= 15 is 38.4 Å². The predicted octanol–water partition coefficient (Wildman–Crippen LogP) is 4.30. The van der Waals surface area contributed by atoms with Crippen molar-refractivity contribution < 1.29 is 72.1 Å². The van der Waals surface area contributed by atoms with Crippen molar-refractivity contribution in [2.24, 2.45) is 29.6 Å². The van der Waals surface area contributed by atoms with Gasteiger partial charge in [-0.3, -0.25) is 57.5 Å². The summed E-state index contributed by atoms with van der Waals surface area (Å²) in [5.74, 6) is -9.60. The SMILES string of the molecule is CC(C)C[C@H]1C(=O)N[C@@H](C(C)C)C(=O)N(C)[C@@H](Cc2ccccc2)C(=O)N(C)[C@@H](Cc2ccccc2)C(=O)N[C@@H](COC(C)(C)C)C(=O)N(C)[C@@H](CC(C)C)C(=O)N[C@@H](COCCO)C(=O)N(C)[C@@H](CC(C)C)C(=O)N(C)[C@@H](CC(C)C)C(=O)N[C@H](C(=O)N2CCCCC2)CC(=O)N(C)CCC(=O)N1C. The standard InChI is InChI=1S/C78H126N12O15/c1-49(2)40-59-71(97)82-67(53(9)10)77(103)89(20)64(45-55-32-26-22-27-33-55)76(102)87(18)62(44-54-30-24-21-25-31-54)70(96)81-58(48-105-78(11,12)13)73(99)85(16)60(41-50(3)4)69(95)80-57(47-104-39-38-91)72(98)88(19)63(43-52(7)8)75(101)86(17)61(42-51(5)6)68(94)79-56(74(100)90-35-28-23-29-36-90)46-66(93)83(14)37-34-65(92)84(59)15/h21-22,24-27,30-33,49-53,56-64,67,91H,23,28-29,34-48H2,1-20H3,(H,79,94)(H,80,95)(H,81,96)(H,82,97)/t56-,57-,58-,59-,60-,61-,62-,63-,64-,67-/m0/s1. The Morgan fingerprint density at radius 2 is 0.867 bits per heavy atom. The molecule has 10 atom stereocenters. The first-order chi connectivity index (χ1) is 49.2. The van der Waals surface area contributed by atoms with Gasteiger partial charge < -0.3 is 75.0 Å². The molecule has 588 valence electrons. The number of aliphatic hydroxyl groups is 1. The number of nitrogens with zero attached hydrogens (tertiary/aromatic N) is 8. The van der Waals surface area contributed by atoms with Crippen molar-refractivity contribution in [3.8, 4) is 0 Å². The van der Waals surface area contributed by atoms with Gasteiger partial charge in [0.1, 0.15) is 60.4 Å². The van der Waals surface area contributed by atoms with Crippen molar-refractivity contribution in [1.82, 2.24) is 60.5 Å². The Hall–Kier alpha value is -8.04. The van der Waals surface area contributed by atoms with Crippen LogP contribution in [0.15, 0.2) is 60.7 Å². The van der Waals surface area contributed by atoms with E-state index in [0.717, 1.165) is 6.42 Å². The summed E-state index contributed by atoms with van der Waals surface area (Å²) >= 11 is 0. The van der Waals surface area contributed by atoms with E-state index in [1.807, 2.05) is 55.4 Å². The zero-order valence-electron chi connectivity index (χ0n) is 66.4. The molecule has 2 fully saturated rings. The topological polar surface area (TPSA) is 318 Å². The molecule has 2 heterocycles. The molecule has 27 heteroatoms. The van der Waals surface area contributed by atoms with Crippen LogP contribution in [0.25, 0.3) is 0 Å². The van der Waals surface area contributed by atoms with Crippen molar-refractivity contribution in [2.75, 3.05) is 95.4 Å². The average molecular weight is 1470 g/mol. The molecule has 0 unspecified atom stereocenters. The molecule has 2 aliphatic heterocycles. The summed E-state index contributed by atoms with van der Waals surface area (Å²) in [6.07, 6.45) is 1.67. The lowest BCUT2D eigenvalue weighted by Gasteiger charge is -2.38. The number of likely N-dealkylation sites (N-methyl/N-ethyl adjacent to an activating group) is 6. The lowest BCUT2D eigenvalue weighted by atomic mass is 9.96. The van der Waals surface area contributed by atoms with Crippen LogP contribution >= 0.6 is 0 Å². The summed E-state index contributed by atoms with van der Waals surface area (Å²) in [5.41, 5.74) is 0.410.